The summed E-state index contributed by atoms with van der Waals surface area (Å²) in [6.07, 6.45) is 0. The smallest absolute Gasteiger partial charge is 0.244 e. The van der Waals surface area contributed by atoms with Crippen molar-refractivity contribution < 1.29 is 13.2 Å². The highest BCUT2D eigenvalue weighted by atomic mass is 32.2. The van der Waals surface area contributed by atoms with Crippen LogP contribution in [-0.2, 0) is 23.1 Å². The lowest BCUT2D eigenvalue weighted by Crippen LogP contribution is -2.23. The fraction of sp³-hybridized carbons (Fsp3) is 0.308. The van der Waals surface area contributed by atoms with Gasteiger partial charge in [0.25, 0.3) is 0 Å². The van der Waals surface area contributed by atoms with Crippen molar-refractivity contribution in [3.8, 4) is 5.75 Å². The highest BCUT2D eigenvalue weighted by Crippen LogP contribution is 2.25. The number of nitrogens with zero attached hydrogens (tertiary/aromatic N) is 1. The van der Waals surface area contributed by atoms with Gasteiger partial charge in [0.2, 0.25) is 10.0 Å². The minimum absolute atomic E-state index is 0.0930. The van der Waals surface area contributed by atoms with Crippen LogP contribution >= 0.6 is 11.3 Å². The van der Waals surface area contributed by atoms with Crippen molar-refractivity contribution in [1.82, 2.24) is 9.71 Å². The van der Waals surface area contributed by atoms with Gasteiger partial charge in [-0.15, -0.1) is 11.3 Å². The Bertz CT molecular complexity index is 726. The van der Waals surface area contributed by atoms with Crippen LogP contribution in [0.5, 0.6) is 5.75 Å². The zero-order valence-electron chi connectivity index (χ0n) is 11.8. The molecule has 2 rings (SSSR count). The Morgan fingerprint density at radius 2 is 2.19 bits per heavy atom. The van der Waals surface area contributed by atoms with Crippen LogP contribution in [0.1, 0.15) is 16.3 Å². The maximum atomic E-state index is 12.3. The average molecular weight is 327 g/mol. The first-order valence-corrected chi connectivity index (χ1v) is 8.60. The third-order valence-electron chi connectivity index (χ3n) is 2.83. The summed E-state index contributed by atoms with van der Waals surface area (Å²) < 4.78 is 32.4. The van der Waals surface area contributed by atoms with Crippen molar-refractivity contribution in [1.29, 1.82) is 0 Å². The van der Waals surface area contributed by atoms with Gasteiger partial charge >= 0.3 is 0 Å². The molecule has 1 aromatic heterocycles. The number of methoxy groups -OCH3 is 1. The van der Waals surface area contributed by atoms with Gasteiger partial charge in [-0.3, -0.25) is 0 Å². The fourth-order valence-electron chi connectivity index (χ4n) is 1.78. The Hall–Kier alpha value is -1.48. The van der Waals surface area contributed by atoms with Crippen LogP contribution < -0.4 is 15.2 Å². The number of aryl methyl sites for hydroxylation is 1. The minimum Gasteiger partial charge on any atom is -0.495 e. The fourth-order valence-corrected chi connectivity index (χ4v) is 3.72. The summed E-state index contributed by atoms with van der Waals surface area (Å²) in [7, 11) is -2.24. The molecular formula is C13H17N3O3S2. The van der Waals surface area contributed by atoms with Crippen LogP contribution in [-0.4, -0.2) is 20.5 Å². The molecule has 0 saturated heterocycles. The second kappa shape index (κ2) is 6.52. The van der Waals surface area contributed by atoms with Gasteiger partial charge in [0.05, 0.1) is 13.7 Å². The van der Waals surface area contributed by atoms with E-state index < -0.39 is 10.0 Å². The summed E-state index contributed by atoms with van der Waals surface area (Å²) in [5.74, 6) is 0.278. The van der Waals surface area contributed by atoms with Crippen molar-refractivity contribution in [2.45, 2.75) is 24.9 Å². The number of nitrogens with two attached hydrogens (primary N) is 1. The molecule has 0 saturated carbocycles. The molecule has 0 bridgehead atoms. The third kappa shape index (κ3) is 3.79. The zero-order chi connectivity index (χ0) is 15.5. The Morgan fingerprint density at radius 3 is 2.76 bits per heavy atom. The number of rotatable bonds is 6. The van der Waals surface area contributed by atoms with E-state index >= 15 is 0 Å². The first kappa shape index (κ1) is 15.9. The lowest BCUT2D eigenvalue weighted by Gasteiger charge is -2.11. The third-order valence-corrected chi connectivity index (χ3v) is 5.24. The van der Waals surface area contributed by atoms with Crippen LogP contribution in [0.25, 0.3) is 0 Å². The van der Waals surface area contributed by atoms with Gasteiger partial charge in [-0.25, -0.2) is 18.1 Å². The summed E-state index contributed by atoms with van der Waals surface area (Å²) in [6, 6.07) is 4.79. The number of sulfonamides is 1. The second-order valence-electron chi connectivity index (χ2n) is 4.40. The van der Waals surface area contributed by atoms with Crippen LogP contribution in [0.4, 0.5) is 0 Å². The molecule has 0 amide bonds. The standard InChI is InChI=1S/C13H17N3O3S2/c1-9-8-20-13(16-9)7-15-21(17,18)12-4-3-10(6-14)5-11(12)19-2/h3-5,8,15H,6-7,14H2,1-2H3. The summed E-state index contributed by atoms with van der Waals surface area (Å²) in [5, 5.41) is 2.59. The molecule has 21 heavy (non-hydrogen) atoms. The van der Waals surface area contributed by atoms with E-state index in [4.69, 9.17) is 10.5 Å². The number of hydrogen-bond acceptors (Lipinski definition) is 6. The predicted molar refractivity (Wildman–Crippen MR) is 81.8 cm³/mol. The van der Waals surface area contributed by atoms with Gasteiger partial charge in [0, 0.05) is 17.6 Å². The summed E-state index contributed by atoms with van der Waals surface area (Å²) >= 11 is 1.42. The summed E-state index contributed by atoms with van der Waals surface area (Å²) in [5.41, 5.74) is 7.22. The Balaban J connectivity index is 2.22. The molecular weight excluding hydrogens is 310 g/mol. The van der Waals surface area contributed by atoms with Crippen LogP contribution in [0.2, 0.25) is 0 Å². The minimum atomic E-state index is -3.67. The van der Waals surface area contributed by atoms with E-state index in [-0.39, 0.29) is 17.2 Å². The Morgan fingerprint density at radius 1 is 1.43 bits per heavy atom. The number of nitrogens with one attached hydrogen (secondary N) is 1. The first-order valence-electron chi connectivity index (χ1n) is 6.24. The maximum Gasteiger partial charge on any atom is 0.244 e. The van der Waals surface area contributed by atoms with Gasteiger partial charge in [0.15, 0.2) is 0 Å². The van der Waals surface area contributed by atoms with E-state index in [0.29, 0.717) is 11.6 Å². The molecule has 1 aromatic carbocycles. The number of aromatic nitrogens is 1. The summed E-state index contributed by atoms with van der Waals surface area (Å²) in [4.78, 5) is 4.31. The number of hydrogen-bond donors (Lipinski definition) is 2. The summed E-state index contributed by atoms with van der Waals surface area (Å²) in [6.45, 7) is 2.34. The molecule has 0 aliphatic rings. The maximum absolute atomic E-state index is 12.3. The van der Waals surface area contributed by atoms with Gasteiger partial charge in [-0.1, -0.05) is 6.07 Å². The van der Waals surface area contributed by atoms with E-state index in [2.05, 4.69) is 9.71 Å². The van der Waals surface area contributed by atoms with Crippen LogP contribution in [0.3, 0.4) is 0 Å². The Labute approximate surface area is 128 Å². The highest BCUT2D eigenvalue weighted by Gasteiger charge is 2.20. The van der Waals surface area contributed by atoms with Crippen molar-refractivity contribution in [2.75, 3.05) is 7.11 Å². The van der Waals surface area contributed by atoms with E-state index in [0.717, 1.165) is 11.3 Å². The average Bonchev–Trinajstić information content (AvgIpc) is 2.90. The molecule has 114 valence electrons. The molecule has 0 atom stereocenters. The normalized spacial score (nSPS) is 11.6. The molecule has 0 spiro atoms. The number of ether oxygens (including phenoxy) is 1. The van der Waals surface area contributed by atoms with Gasteiger partial charge < -0.3 is 10.5 Å². The molecule has 0 radical (unpaired) electrons. The van der Waals surface area contributed by atoms with Gasteiger partial charge in [0.1, 0.15) is 15.7 Å². The molecule has 1 heterocycles. The second-order valence-corrected chi connectivity index (χ2v) is 7.07. The highest BCUT2D eigenvalue weighted by molar-refractivity contribution is 7.89. The monoisotopic (exact) mass is 327 g/mol. The lowest BCUT2D eigenvalue weighted by molar-refractivity contribution is 0.401. The first-order chi connectivity index (χ1) is 9.96. The van der Waals surface area contributed by atoms with Crippen molar-refractivity contribution in [3.63, 3.8) is 0 Å². The van der Waals surface area contributed by atoms with Crippen molar-refractivity contribution >= 4 is 21.4 Å². The molecule has 2 aromatic rings. The van der Waals surface area contributed by atoms with Gasteiger partial charge in [-0.05, 0) is 24.6 Å². The van der Waals surface area contributed by atoms with E-state index in [1.807, 2.05) is 12.3 Å². The van der Waals surface area contributed by atoms with E-state index in [1.54, 1.807) is 12.1 Å². The van der Waals surface area contributed by atoms with Crippen LogP contribution in [0.15, 0.2) is 28.5 Å². The molecule has 8 heteroatoms. The van der Waals surface area contributed by atoms with Crippen molar-refractivity contribution in [3.05, 3.63) is 39.8 Å². The largest absolute Gasteiger partial charge is 0.495 e. The number of benzene rings is 1. The molecule has 6 nitrogen and oxygen atoms in total. The predicted octanol–water partition coefficient (Wildman–Crippen LogP) is 1.40. The zero-order valence-corrected chi connectivity index (χ0v) is 13.4. The van der Waals surface area contributed by atoms with Gasteiger partial charge in [-0.2, -0.15) is 0 Å². The quantitative estimate of drug-likeness (QED) is 0.836. The lowest BCUT2D eigenvalue weighted by atomic mass is 10.2. The molecule has 0 fully saturated rings. The van der Waals surface area contributed by atoms with Crippen molar-refractivity contribution in [2.24, 2.45) is 5.73 Å². The van der Waals surface area contributed by atoms with Crippen LogP contribution in [0, 0.1) is 6.92 Å². The number of thiazole rings is 1. The van der Waals surface area contributed by atoms with E-state index in [1.165, 1.54) is 24.5 Å². The Kier molecular flexibility index (Phi) is 4.94. The molecule has 0 aliphatic heterocycles. The topological polar surface area (TPSA) is 94.3 Å². The SMILES string of the molecule is COc1cc(CN)ccc1S(=O)(=O)NCc1nc(C)cs1. The molecule has 3 N–H and O–H groups in total. The molecule has 0 aliphatic carbocycles. The molecule has 0 unspecified atom stereocenters. The van der Waals surface area contributed by atoms with E-state index in [9.17, 15) is 8.42 Å².